The maximum absolute atomic E-state index is 10.4. The van der Waals surface area contributed by atoms with E-state index < -0.39 is 20.2 Å². The van der Waals surface area contributed by atoms with Crippen LogP contribution in [-0.2, 0) is 20.2 Å². The van der Waals surface area contributed by atoms with Gasteiger partial charge in [0.05, 0.1) is 9.79 Å². The van der Waals surface area contributed by atoms with Gasteiger partial charge in [-0.15, -0.1) is 0 Å². The molecule has 0 heterocycles. The Morgan fingerprint density at radius 3 is 0.955 bits per heavy atom. The maximum atomic E-state index is 10.4. The van der Waals surface area contributed by atoms with Crippen molar-refractivity contribution in [2.45, 2.75) is 9.79 Å². The second-order valence-corrected chi connectivity index (χ2v) is 6.78. The van der Waals surface area contributed by atoms with Crippen molar-refractivity contribution >= 4 is 20.2 Å². The molecule has 8 nitrogen and oxygen atoms in total. The second kappa shape index (κ2) is 6.75. The van der Waals surface area contributed by atoms with Crippen molar-refractivity contribution in [3.05, 3.63) is 48.5 Å². The summed E-state index contributed by atoms with van der Waals surface area (Å²) in [6, 6.07) is 9.20. The number of benzene rings is 2. The average molecular weight is 348 g/mol. The van der Waals surface area contributed by atoms with Crippen LogP contribution in [0.3, 0.4) is 0 Å². The largest absolute Gasteiger partial charge is 0.508 e. The zero-order valence-electron chi connectivity index (χ0n) is 10.9. The lowest BCUT2D eigenvalue weighted by atomic mass is 10.3. The van der Waals surface area contributed by atoms with E-state index in [-0.39, 0.29) is 21.3 Å². The Kier molecular flexibility index (Phi) is 5.49. The highest BCUT2D eigenvalue weighted by atomic mass is 32.2. The Morgan fingerprint density at radius 1 is 0.545 bits per heavy atom. The predicted molar refractivity (Wildman–Crippen MR) is 75.8 cm³/mol. The topological polar surface area (TPSA) is 149 Å². The number of hydrogen-bond acceptors (Lipinski definition) is 6. The molecule has 0 amide bonds. The van der Waals surface area contributed by atoms with Gasteiger partial charge >= 0.3 is 0 Å². The van der Waals surface area contributed by atoms with E-state index in [1.807, 2.05) is 0 Å². The summed E-state index contributed by atoms with van der Waals surface area (Å²) in [7, 11) is -8.26. The SMILES string of the molecule is O=S(=O)(O)c1ccc(O)cc1.O=S(=O)(O)c1ccc(O)cc1. The van der Waals surface area contributed by atoms with E-state index in [0.717, 1.165) is 24.3 Å². The van der Waals surface area contributed by atoms with Gasteiger partial charge in [0, 0.05) is 0 Å². The Bertz CT molecular complexity index is 748. The smallest absolute Gasteiger partial charge is 0.294 e. The lowest BCUT2D eigenvalue weighted by Crippen LogP contribution is -1.96. The molecule has 0 radical (unpaired) electrons. The minimum atomic E-state index is -4.13. The molecule has 2 aromatic rings. The van der Waals surface area contributed by atoms with Crippen molar-refractivity contribution in [1.82, 2.24) is 0 Å². The molecule has 10 heteroatoms. The van der Waals surface area contributed by atoms with Crippen molar-refractivity contribution in [3.63, 3.8) is 0 Å². The molecular formula is C12H12O8S2. The number of rotatable bonds is 2. The standard InChI is InChI=1S/2C6H6O4S/c2*7-5-1-3-6(4-2-5)11(8,9)10/h2*1-4,7H,(H,8,9,10). The number of hydrogen-bond donors (Lipinski definition) is 4. The molecular weight excluding hydrogens is 336 g/mol. The monoisotopic (exact) mass is 348 g/mol. The van der Waals surface area contributed by atoms with E-state index in [2.05, 4.69) is 0 Å². The highest BCUT2D eigenvalue weighted by Gasteiger charge is 2.08. The first-order valence-corrected chi connectivity index (χ1v) is 8.41. The number of aromatic hydroxyl groups is 2. The Hall–Kier alpha value is -2.14. The third kappa shape index (κ3) is 5.69. The Labute approximate surface area is 126 Å². The summed E-state index contributed by atoms with van der Waals surface area (Å²) in [5, 5.41) is 17.5. The van der Waals surface area contributed by atoms with Gasteiger partial charge in [0.2, 0.25) is 0 Å². The minimum Gasteiger partial charge on any atom is -0.508 e. The van der Waals surface area contributed by atoms with Crippen molar-refractivity contribution in [2.75, 3.05) is 0 Å². The summed E-state index contributed by atoms with van der Waals surface area (Å²) in [6.07, 6.45) is 0. The van der Waals surface area contributed by atoms with Gasteiger partial charge < -0.3 is 10.2 Å². The molecule has 0 atom stereocenters. The van der Waals surface area contributed by atoms with Crippen LogP contribution in [0.25, 0.3) is 0 Å². The van der Waals surface area contributed by atoms with Crippen LogP contribution in [0.4, 0.5) is 0 Å². The molecule has 2 rings (SSSR count). The zero-order chi connectivity index (χ0) is 17.0. The Morgan fingerprint density at radius 2 is 0.773 bits per heavy atom. The second-order valence-electron chi connectivity index (χ2n) is 3.94. The third-order valence-corrected chi connectivity index (χ3v) is 4.00. The summed E-state index contributed by atoms with van der Waals surface area (Å²) in [5.74, 6) is -0.0881. The molecule has 120 valence electrons. The van der Waals surface area contributed by atoms with Gasteiger partial charge in [-0.2, -0.15) is 16.8 Å². The molecule has 0 aliphatic rings. The maximum Gasteiger partial charge on any atom is 0.294 e. The first-order valence-electron chi connectivity index (χ1n) is 5.53. The zero-order valence-corrected chi connectivity index (χ0v) is 12.5. The number of phenols is 2. The van der Waals surface area contributed by atoms with Gasteiger partial charge in [0.15, 0.2) is 0 Å². The molecule has 0 aliphatic heterocycles. The summed E-state index contributed by atoms with van der Waals surface area (Å²) < 4.78 is 58.6. The van der Waals surface area contributed by atoms with E-state index in [0.29, 0.717) is 0 Å². The van der Waals surface area contributed by atoms with E-state index in [4.69, 9.17) is 19.3 Å². The van der Waals surface area contributed by atoms with Gasteiger partial charge in [-0.3, -0.25) is 9.11 Å². The van der Waals surface area contributed by atoms with E-state index in [9.17, 15) is 16.8 Å². The molecule has 22 heavy (non-hydrogen) atoms. The van der Waals surface area contributed by atoms with Gasteiger partial charge in [0.1, 0.15) is 11.5 Å². The fourth-order valence-corrected chi connectivity index (χ4v) is 2.20. The van der Waals surface area contributed by atoms with Crippen LogP contribution in [-0.4, -0.2) is 36.2 Å². The van der Waals surface area contributed by atoms with Crippen LogP contribution in [0.15, 0.2) is 58.3 Å². The summed E-state index contributed by atoms with van der Waals surface area (Å²) in [4.78, 5) is -0.453. The Balaban J connectivity index is 0.000000220. The lowest BCUT2D eigenvalue weighted by Gasteiger charge is -1.94. The molecule has 0 aromatic heterocycles. The molecule has 0 fully saturated rings. The van der Waals surface area contributed by atoms with Gasteiger partial charge in [-0.05, 0) is 48.5 Å². The van der Waals surface area contributed by atoms with E-state index >= 15 is 0 Å². The van der Waals surface area contributed by atoms with Crippen molar-refractivity contribution < 1.29 is 36.2 Å². The van der Waals surface area contributed by atoms with E-state index in [1.165, 1.54) is 24.3 Å². The van der Waals surface area contributed by atoms with Gasteiger partial charge in [-0.1, -0.05) is 0 Å². The molecule has 0 bridgehead atoms. The summed E-state index contributed by atoms with van der Waals surface area (Å²) in [6.45, 7) is 0. The molecule has 0 saturated carbocycles. The fraction of sp³-hybridized carbons (Fsp3) is 0. The van der Waals surface area contributed by atoms with Crippen molar-refractivity contribution in [3.8, 4) is 11.5 Å². The van der Waals surface area contributed by atoms with E-state index in [1.54, 1.807) is 0 Å². The molecule has 0 spiro atoms. The van der Waals surface area contributed by atoms with Crippen molar-refractivity contribution in [1.29, 1.82) is 0 Å². The highest BCUT2D eigenvalue weighted by molar-refractivity contribution is 7.86. The normalized spacial score (nSPS) is 11.4. The summed E-state index contributed by atoms with van der Waals surface area (Å²) in [5.41, 5.74) is 0. The van der Waals surface area contributed by atoms with Crippen LogP contribution in [0.2, 0.25) is 0 Å². The van der Waals surface area contributed by atoms with Gasteiger partial charge in [0.25, 0.3) is 20.2 Å². The average Bonchev–Trinajstić information content (AvgIpc) is 2.38. The summed E-state index contributed by atoms with van der Waals surface area (Å²) >= 11 is 0. The van der Waals surface area contributed by atoms with Crippen LogP contribution in [0.1, 0.15) is 0 Å². The molecule has 2 aromatic carbocycles. The van der Waals surface area contributed by atoms with Crippen LogP contribution >= 0.6 is 0 Å². The quantitative estimate of drug-likeness (QED) is 0.593. The van der Waals surface area contributed by atoms with Crippen LogP contribution in [0.5, 0.6) is 11.5 Å². The van der Waals surface area contributed by atoms with Crippen LogP contribution in [0, 0.1) is 0 Å². The first-order chi connectivity index (χ1) is 10.00. The van der Waals surface area contributed by atoms with Gasteiger partial charge in [-0.25, -0.2) is 0 Å². The minimum absolute atomic E-state index is 0.0441. The molecule has 0 saturated heterocycles. The first kappa shape index (κ1) is 17.9. The highest BCUT2D eigenvalue weighted by Crippen LogP contribution is 2.14. The third-order valence-electron chi connectivity index (χ3n) is 2.27. The molecule has 4 N–H and O–H groups in total. The molecule has 0 aliphatic carbocycles. The van der Waals surface area contributed by atoms with Crippen LogP contribution < -0.4 is 0 Å². The fourth-order valence-electron chi connectivity index (χ4n) is 1.24. The number of phenolic OH excluding ortho intramolecular Hbond substituents is 2. The molecule has 0 unspecified atom stereocenters. The lowest BCUT2D eigenvalue weighted by molar-refractivity contribution is 0.471. The van der Waals surface area contributed by atoms with Crippen molar-refractivity contribution in [2.24, 2.45) is 0 Å². The predicted octanol–water partition coefficient (Wildman–Crippen LogP) is 1.28.